The van der Waals surface area contributed by atoms with Crippen molar-refractivity contribution >= 4 is 29.1 Å². The minimum absolute atomic E-state index is 0.0311. The van der Waals surface area contributed by atoms with E-state index in [2.05, 4.69) is 29.6 Å². The van der Waals surface area contributed by atoms with Crippen molar-refractivity contribution in [3.8, 4) is 0 Å². The summed E-state index contributed by atoms with van der Waals surface area (Å²) in [5.74, 6) is 2.08. The molecule has 0 radical (unpaired) electrons. The summed E-state index contributed by atoms with van der Waals surface area (Å²) >= 11 is 12.2. The molecule has 2 aromatic rings. The van der Waals surface area contributed by atoms with Gasteiger partial charge in [-0.3, -0.25) is 4.79 Å². The van der Waals surface area contributed by atoms with Crippen molar-refractivity contribution in [1.82, 2.24) is 14.5 Å². The van der Waals surface area contributed by atoms with Crippen molar-refractivity contribution in [2.24, 2.45) is 5.92 Å². The maximum Gasteiger partial charge on any atom is 0.255 e. The predicted octanol–water partition coefficient (Wildman–Crippen LogP) is 4.87. The topological polar surface area (TPSA) is 38.1 Å². The van der Waals surface area contributed by atoms with Gasteiger partial charge in [0.1, 0.15) is 5.82 Å². The molecule has 0 spiro atoms. The molecule has 1 aromatic carbocycles. The number of hydrogen-bond donors (Lipinski definition) is 0. The highest BCUT2D eigenvalue weighted by molar-refractivity contribution is 6.35. The summed E-state index contributed by atoms with van der Waals surface area (Å²) in [6.45, 7) is 6.78. The largest absolute Gasteiger partial charge is 0.339 e. The normalized spacial score (nSPS) is 15.8. The second-order valence-corrected chi connectivity index (χ2v) is 7.80. The minimum Gasteiger partial charge on any atom is -0.339 e. The summed E-state index contributed by atoms with van der Waals surface area (Å²) in [5.41, 5.74) is 0.490. The lowest BCUT2D eigenvalue weighted by Crippen LogP contribution is -2.39. The third kappa shape index (κ3) is 4.18. The molecule has 1 aromatic heterocycles. The molecule has 0 N–H and O–H groups in total. The molecule has 1 saturated heterocycles. The zero-order valence-corrected chi connectivity index (χ0v) is 16.1. The van der Waals surface area contributed by atoms with E-state index < -0.39 is 0 Å². The molecule has 3 rings (SSSR count). The number of nitrogens with zero attached hydrogens (tertiary/aromatic N) is 3. The average Bonchev–Trinajstić information content (AvgIpc) is 3.05. The number of amides is 1. The van der Waals surface area contributed by atoms with Crippen LogP contribution in [0, 0.1) is 5.92 Å². The number of carbonyl (C=O) groups excluding carboxylic acids is 1. The Morgan fingerprint density at radius 1 is 1.28 bits per heavy atom. The van der Waals surface area contributed by atoms with Gasteiger partial charge in [0.25, 0.3) is 5.91 Å². The lowest BCUT2D eigenvalue weighted by molar-refractivity contribution is 0.0682. The fourth-order valence-corrected chi connectivity index (χ4v) is 3.77. The van der Waals surface area contributed by atoms with Gasteiger partial charge < -0.3 is 9.47 Å². The Labute approximate surface area is 158 Å². The molecular weight excluding hydrogens is 357 g/mol. The van der Waals surface area contributed by atoms with Crippen LogP contribution in [0.25, 0.3) is 0 Å². The number of hydrogen-bond acceptors (Lipinski definition) is 2. The maximum atomic E-state index is 12.7. The molecule has 1 aliphatic rings. The highest BCUT2D eigenvalue weighted by Gasteiger charge is 2.25. The first-order chi connectivity index (χ1) is 12.0. The van der Waals surface area contributed by atoms with Crippen molar-refractivity contribution in [3.05, 3.63) is 52.0 Å². The molecule has 0 atom stereocenters. The molecule has 134 valence electrons. The van der Waals surface area contributed by atoms with E-state index in [0.717, 1.165) is 38.3 Å². The quantitative estimate of drug-likeness (QED) is 0.759. The fourth-order valence-electron chi connectivity index (χ4n) is 3.40. The van der Waals surface area contributed by atoms with Crippen LogP contribution in [0.15, 0.2) is 30.6 Å². The average molecular weight is 380 g/mol. The van der Waals surface area contributed by atoms with Crippen LogP contribution in [-0.4, -0.2) is 33.4 Å². The molecule has 0 bridgehead atoms. The van der Waals surface area contributed by atoms with Crippen LogP contribution in [0.4, 0.5) is 0 Å². The zero-order valence-electron chi connectivity index (χ0n) is 14.6. The Morgan fingerprint density at radius 3 is 2.68 bits per heavy atom. The van der Waals surface area contributed by atoms with Gasteiger partial charge in [-0.05, 0) is 37.0 Å². The van der Waals surface area contributed by atoms with Crippen LogP contribution in [0.3, 0.4) is 0 Å². The van der Waals surface area contributed by atoms with E-state index in [1.165, 1.54) is 0 Å². The first kappa shape index (κ1) is 18.3. The predicted molar refractivity (Wildman–Crippen MR) is 101 cm³/mol. The number of likely N-dealkylation sites (tertiary alicyclic amines) is 1. The van der Waals surface area contributed by atoms with E-state index in [-0.39, 0.29) is 5.91 Å². The number of rotatable bonds is 4. The first-order valence-corrected chi connectivity index (χ1v) is 9.46. The van der Waals surface area contributed by atoms with Crippen LogP contribution in [0.5, 0.6) is 0 Å². The van der Waals surface area contributed by atoms with Crippen molar-refractivity contribution < 1.29 is 4.79 Å². The molecule has 25 heavy (non-hydrogen) atoms. The van der Waals surface area contributed by atoms with Crippen LogP contribution >= 0.6 is 23.2 Å². The molecule has 1 fully saturated rings. The summed E-state index contributed by atoms with van der Waals surface area (Å²) in [6, 6.07) is 5.03. The van der Waals surface area contributed by atoms with E-state index in [9.17, 15) is 4.79 Å². The van der Waals surface area contributed by atoms with Crippen LogP contribution in [0.1, 0.15) is 48.8 Å². The summed E-state index contributed by atoms with van der Waals surface area (Å²) in [4.78, 5) is 19.0. The third-order valence-electron chi connectivity index (χ3n) is 4.78. The Kier molecular flexibility index (Phi) is 5.70. The van der Waals surface area contributed by atoms with Gasteiger partial charge >= 0.3 is 0 Å². The number of halogens is 2. The SMILES string of the molecule is CC(C)c1nccn1CC1CCN(C(=O)c2cc(Cl)ccc2Cl)CC1. The van der Waals surface area contributed by atoms with Crippen molar-refractivity contribution in [2.45, 2.75) is 39.2 Å². The van der Waals surface area contributed by atoms with E-state index in [4.69, 9.17) is 23.2 Å². The lowest BCUT2D eigenvalue weighted by Gasteiger charge is -2.32. The number of aromatic nitrogens is 2. The van der Waals surface area contributed by atoms with Crippen LogP contribution < -0.4 is 0 Å². The van der Waals surface area contributed by atoms with E-state index >= 15 is 0 Å². The molecular formula is C19H23Cl2N3O. The number of carbonyl (C=O) groups is 1. The minimum atomic E-state index is -0.0311. The van der Waals surface area contributed by atoms with Gasteiger partial charge in [-0.2, -0.15) is 0 Å². The second kappa shape index (κ2) is 7.79. The monoisotopic (exact) mass is 379 g/mol. The van der Waals surface area contributed by atoms with E-state index in [1.54, 1.807) is 18.2 Å². The molecule has 6 heteroatoms. The van der Waals surface area contributed by atoms with Gasteiger partial charge in [-0.15, -0.1) is 0 Å². The molecule has 0 saturated carbocycles. The van der Waals surface area contributed by atoms with Crippen molar-refractivity contribution in [2.75, 3.05) is 13.1 Å². The first-order valence-electron chi connectivity index (χ1n) is 8.71. The van der Waals surface area contributed by atoms with Gasteiger partial charge in [-0.25, -0.2) is 4.98 Å². The highest BCUT2D eigenvalue weighted by Crippen LogP contribution is 2.26. The summed E-state index contributed by atoms with van der Waals surface area (Å²) in [7, 11) is 0. The van der Waals surface area contributed by atoms with Crippen molar-refractivity contribution in [3.63, 3.8) is 0 Å². The van der Waals surface area contributed by atoms with Crippen LogP contribution in [-0.2, 0) is 6.54 Å². The molecule has 4 nitrogen and oxygen atoms in total. The third-order valence-corrected chi connectivity index (χ3v) is 5.34. The number of imidazole rings is 1. The fraction of sp³-hybridized carbons (Fsp3) is 0.474. The number of benzene rings is 1. The second-order valence-electron chi connectivity index (χ2n) is 6.95. The number of piperidine rings is 1. The van der Waals surface area contributed by atoms with Gasteiger partial charge in [0.15, 0.2) is 0 Å². The van der Waals surface area contributed by atoms with Crippen LogP contribution in [0.2, 0.25) is 10.0 Å². The molecule has 1 aliphatic heterocycles. The summed E-state index contributed by atoms with van der Waals surface area (Å²) in [6.07, 6.45) is 5.90. The standard InChI is InChI=1S/C19H23Cl2N3O/c1-13(2)18-22-7-10-24(18)12-14-5-8-23(9-6-14)19(25)16-11-15(20)3-4-17(16)21/h3-4,7,10-11,13-14H,5-6,8-9,12H2,1-2H3. The van der Waals surface area contributed by atoms with Gasteiger partial charge in [0.2, 0.25) is 0 Å². The zero-order chi connectivity index (χ0) is 18.0. The Morgan fingerprint density at radius 2 is 2.00 bits per heavy atom. The highest BCUT2D eigenvalue weighted by atomic mass is 35.5. The van der Waals surface area contributed by atoms with E-state index in [0.29, 0.717) is 27.4 Å². The summed E-state index contributed by atoms with van der Waals surface area (Å²) < 4.78 is 2.25. The smallest absolute Gasteiger partial charge is 0.255 e. The lowest BCUT2D eigenvalue weighted by atomic mass is 9.96. The molecule has 2 heterocycles. The Bertz CT molecular complexity index is 749. The Balaban J connectivity index is 1.61. The van der Waals surface area contributed by atoms with E-state index in [1.807, 2.05) is 11.1 Å². The van der Waals surface area contributed by atoms with Gasteiger partial charge in [0.05, 0.1) is 10.6 Å². The van der Waals surface area contributed by atoms with Gasteiger partial charge in [-0.1, -0.05) is 37.0 Å². The summed E-state index contributed by atoms with van der Waals surface area (Å²) in [5, 5.41) is 0.987. The van der Waals surface area contributed by atoms with Gasteiger partial charge in [0, 0.05) is 43.0 Å². The molecule has 0 aliphatic carbocycles. The molecule has 1 amide bonds. The molecule has 0 unspecified atom stereocenters. The maximum absolute atomic E-state index is 12.7. The van der Waals surface area contributed by atoms with Crippen molar-refractivity contribution in [1.29, 1.82) is 0 Å². The Hall–Kier alpha value is -1.52.